The number of hydrogen-bond acceptors (Lipinski definition) is 3. The Morgan fingerprint density at radius 1 is 1.30 bits per heavy atom. The minimum Gasteiger partial charge on any atom is -0.478 e. The van der Waals surface area contributed by atoms with E-state index in [1.807, 2.05) is 13.8 Å². The van der Waals surface area contributed by atoms with Crippen LogP contribution < -0.4 is 0 Å². The lowest BCUT2D eigenvalue weighted by atomic mass is 10.1. The molecule has 6 heteroatoms. The smallest absolute Gasteiger partial charge is 0.335 e. The van der Waals surface area contributed by atoms with Crippen molar-refractivity contribution in [2.24, 2.45) is 0 Å². The summed E-state index contributed by atoms with van der Waals surface area (Å²) in [6, 6.07) is 4.24. The Morgan fingerprint density at radius 3 is 2.30 bits per heavy atom. The molecule has 0 aliphatic rings. The van der Waals surface area contributed by atoms with Crippen molar-refractivity contribution in [1.82, 2.24) is 4.31 Å². The quantitative estimate of drug-likeness (QED) is 0.875. The van der Waals surface area contributed by atoms with Gasteiger partial charge < -0.3 is 5.11 Å². The third-order valence-corrected chi connectivity index (χ3v) is 5.68. The number of benzene rings is 1. The molecule has 0 spiro atoms. The number of carbonyl (C=O) groups is 1. The summed E-state index contributed by atoms with van der Waals surface area (Å²) in [5, 5.41) is 9.09. The predicted molar refractivity (Wildman–Crippen MR) is 77.5 cm³/mol. The first-order chi connectivity index (χ1) is 9.27. The van der Waals surface area contributed by atoms with Crippen molar-refractivity contribution in [3.63, 3.8) is 0 Å². The topological polar surface area (TPSA) is 74.7 Å². The predicted octanol–water partition coefficient (Wildman–Crippen LogP) is 2.50. The Kier molecular flexibility index (Phi) is 5.30. The Hall–Kier alpha value is -1.40. The lowest BCUT2D eigenvalue weighted by Crippen LogP contribution is -2.36. The van der Waals surface area contributed by atoms with Gasteiger partial charge in [-0.3, -0.25) is 0 Å². The van der Waals surface area contributed by atoms with E-state index < -0.39 is 16.0 Å². The van der Waals surface area contributed by atoms with Crippen LogP contribution in [0.25, 0.3) is 0 Å². The molecule has 1 aromatic rings. The van der Waals surface area contributed by atoms with Crippen LogP contribution in [0.5, 0.6) is 0 Å². The van der Waals surface area contributed by atoms with E-state index in [-0.39, 0.29) is 22.1 Å². The summed E-state index contributed by atoms with van der Waals surface area (Å²) < 4.78 is 26.6. The normalized spacial score (nSPS) is 12.1. The summed E-state index contributed by atoms with van der Waals surface area (Å²) in [5.74, 6) is -1.12. The van der Waals surface area contributed by atoms with Crippen LogP contribution in [0.2, 0.25) is 0 Å². The number of carboxylic acid groups (broad SMARTS) is 1. The summed E-state index contributed by atoms with van der Waals surface area (Å²) in [6.07, 6.45) is 1.42. The number of rotatable bonds is 6. The van der Waals surface area contributed by atoms with Gasteiger partial charge >= 0.3 is 5.97 Å². The van der Waals surface area contributed by atoms with E-state index in [1.165, 1.54) is 29.4 Å². The van der Waals surface area contributed by atoms with Gasteiger partial charge in [0.1, 0.15) is 0 Å². The molecule has 0 aliphatic heterocycles. The number of nitrogens with zero attached hydrogens (tertiary/aromatic N) is 1. The second-order valence-electron chi connectivity index (χ2n) is 4.73. The zero-order chi connectivity index (χ0) is 15.5. The van der Waals surface area contributed by atoms with Crippen molar-refractivity contribution >= 4 is 16.0 Å². The maximum atomic E-state index is 12.6. The van der Waals surface area contributed by atoms with Gasteiger partial charge in [0.2, 0.25) is 10.0 Å². The summed E-state index contributed by atoms with van der Waals surface area (Å²) in [7, 11) is -2.14. The zero-order valence-corrected chi connectivity index (χ0v) is 13.1. The highest BCUT2D eigenvalue weighted by atomic mass is 32.2. The third-order valence-electron chi connectivity index (χ3n) is 3.63. The highest BCUT2D eigenvalue weighted by Gasteiger charge is 2.28. The molecular weight excluding hydrogens is 278 g/mol. The molecule has 0 bridgehead atoms. The fourth-order valence-electron chi connectivity index (χ4n) is 2.28. The molecule has 0 unspecified atom stereocenters. The van der Waals surface area contributed by atoms with Crippen molar-refractivity contribution in [2.75, 3.05) is 7.05 Å². The van der Waals surface area contributed by atoms with Crippen LogP contribution in [0.15, 0.2) is 23.1 Å². The molecule has 0 radical (unpaired) electrons. The maximum Gasteiger partial charge on any atom is 0.335 e. The number of sulfonamides is 1. The molecule has 0 aromatic heterocycles. The van der Waals surface area contributed by atoms with E-state index in [0.717, 1.165) is 0 Å². The Morgan fingerprint density at radius 2 is 1.85 bits per heavy atom. The molecule has 0 saturated carbocycles. The fourth-order valence-corrected chi connectivity index (χ4v) is 4.03. The summed E-state index contributed by atoms with van der Waals surface area (Å²) >= 11 is 0. The molecule has 5 nitrogen and oxygen atoms in total. The third kappa shape index (κ3) is 3.02. The van der Waals surface area contributed by atoms with E-state index in [1.54, 1.807) is 7.05 Å². The van der Waals surface area contributed by atoms with Gasteiger partial charge in [-0.2, -0.15) is 4.31 Å². The van der Waals surface area contributed by atoms with Crippen LogP contribution >= 0.6 is 0 Å². The van der Waals surface area contributed by atoms with Crippen LogP contribution in [-0.4, -0.2) is 36.9 Å². The van der Waals surface area contributed by atoms with Gasteiger partial charge in [-0.15, -0.1) is 0 Å². The second kappa shape index (κ2) is 6.37. The Balaban J connectivity index is 3.36. The van der Waals surface area contributed by atoms with Crippen molar-refractivity contribution in [1.29, 1.82) is 0 Å². The van der Waals surface area contributed by atoms with Gasteiger partial charge in [0.15, 0.2) is 0 Å². The van der Waals surface area contributed by atoms with Gasteiger partial charge in [-0.05, 0) is 37.5 Å². The first-order valence-electron chi connectivity index (χ1n) is 6.58. The molecule has 112 valence electrons. The van der Waals surface area contributed by atoms with Gasteiger partial charge in [0.05, 0.1) is 10.5 Å². The van der Waals surface area contributed by atoms with Crippen LogP contribution in [0.4, 0.5) is 0 Å². The number of aromatic carboxylic acids is 1. The van der Waals surface area contributed by atoms with Crippen LogP contribution in [0, 0.1) is 6.92 Å². The summed E-state index contributed by atoms with van der Waals surface area (Å²) in [5.41, 5.74) is 0.293. The standard InChI is InChI=1S/C14H21NO4S/c1-5-11(6-2)15(4)20(18,19)13-9-7-8-12(10(13)3)14(16)17/h7-9,11H,5-6H2,1-4H3,(H,16,17). The molecule has 1 N–H and O–H groups in total. The first-order valence-corrected chi connectivity index (χ1v) is 8.02. The SMILES string of the molecule is CCC(CC)N(C)S(=O)(=O)c1cccc(C(=O)O)c1C. The van der Waals surface area contributed by atoms with E-state index in [9.17, 15) is 13.2 Å². The average Bonchev–Trinajstić information content (AvgIpc) is 2.39. The van der Waals surface area contributed by atoms with Crippen molar-refractivity contribution < 1.29 is 18.3 Å². The molecule has 1 aromatic carbocycles. The lowest BCUT2D eigenvalue weighted by Gasteiger charge is -2.26. The van der Waals surface area contributed by atoms with Gasteiger partial charge in [0.25, 0.3) is 0 Å². The Labute approximate surface area is 120 Å². The van der Waals surface area contributed by atoms with Crippen molar-refractivity contribution in [3.05, 3.63) is 29.3 Å². The number of carboxylic acids is 1. The van der Waals surface area contributed by atoms with Crippen molar-refractivity contribution in [2.45, 2.75) is 44.6 Å². The van der Waals surface area contributed by atoms with E-state index in [4.69, 9.17) is 5.11 Å². The average molecular weight is 299 g/mol. The molecule has 0 heterocycles. The molecule has 0 amide bonds. The highest BCUT2D eigenvalue weighted by molar-refractivity contribution is 7.89. The molecule has 0 saturated heterocycles. The molecule has 0 aliphatic carbocycles. The Bertz CT molecular complexity index is 591. The molecule has 20 heavy (non-hydrogen) atoms. The lowest BCUT2D eigenvalue weighted by molar-refractivity contribution is 0.0696. The second-order valence-corrected chi connectivity index (χ2v) is 6.69. The molecule has 0 fully saturated rings. The fraction of sp³-hybridized carbons (Fsp3) is 0.500. The molecular formula is C14H21NO4S. The highest BCUT2D eigenvalue weighted by Crippen LogP contribution is 2.24. The van der Waals surface area contributed by atoms with Crippen molar-refractivity contribution in [3.8, 4) is 0 Å². The van der Waals surface area contributed by atoms with E-state index >= 15 is 0 Å². The minimum atomic E-state index is -3.68. The van der Waals surface area contributed by atoms with Crippen LogP contribution in [-0.2, 0) is 10.0 Å². The van der Waals surface area contributed by atoms with Crippen LogP contribution in [0.1, 0.15) is 42.6 Å². The number of hydrogen-bond donors (Lipinski definition) is 1. The van der Waals surface area contributed by atoms with Gasteiger partial charge in [-0.25, -0.2) is 13.2 Å². The zero-order valence-electron chi connectivity index (χ0n) is 12.3. The maximum absolute atomic E-state index is 12.6. The van der Waals surface area contributed by atoms with E-state index in [2.05, 4.69) is 0 Å². The minimum absolute atomic E-state index is 0.0176. The molecule has 1 rings (SSSR count). The monoisotopic (exact) mass is 299 g/mol. The van der Waals surface area contributed by atoms with Crippen LogP contribution in [0.3, 0.4) is 0 Å². The largest absolute Gasteiger partial charge is 0.478 e. The van der Waals surface area contributed by atoms with Gasteiger partial charge in [0, 0.05) is 13.1 Å². The summed E-state index contributed by atoms with van der Waals surface area (Å²) in [4.78, 5) is 11.2. The molecule has 0 atom stereocenters. The first kappa shape index (κ1) is 16.7. The van der Waals surface area contributed by atoms with E-state index in [0.29, 0.717) is 12.8 Å². The summed E-state index contributed by atoms with van der Waals surface area (Å²) in [6.45, 7) is 5.39. The van der Waals surface area contributed by atoms with Gasteiger partial charge in [-0.1, -0.05) is 19.9 Å².